The largest absolute Gasteiger partial charge is 0.481 e. The van der Waals surface area contributed by atoms with Crippen molar-refractivity contribution in [2.45, 2.75) is 13.8 Å². The van der Waals surface area contributed by atoms with E-state index in [-0.39, 0.29) is 12.5 Å². The standard InChI is InChI=1S/C13H15ClINO3/c1-3-16(7-8(2)13(18)19)12(17)10-6-9(14)4-5-11(10)15/h4-6,8H,3,7H2,1-2H3,(H,18,19). The number of hydrogen-bond donors (Lipinski definition) is 1. The molecule has 0 aliphatic carbocycles. The molecule has 1 N–H and O–H groups in total. The van der Waals surface area contributed by atoms with Gasteiger partial charge in [-0.3, -0.25) is 9.59 Å². The average Bonchev–Trinajstić information content (AvgIpc) is 2.37. The van der Waals surface area contributed by atoms with Crippen molar-refractivity contribution in [2.75, 3.05) is 13.1 Å². The van der Waals surface area contributed by atoms with Gasteiger partial charge in [0.1, 0.15) is 0 Å². The Morgan fingerprint density at radius 1 is 1.47 bits per heavy atom. The van der Waals surface area contributed by atoms with E-state index in [9.17, 15) is 9.59 Å². The lowest BCUT2D eigenvalue weighted by molar-refractivity contribution is -0.141. The van der Waals surface area contributed by atoms with E-state index in [1.807, 2.05) is 6.92 Å². The van der Waals surface area contributed by atoms with Crippen LogP contribution in [-0.2, 0) is 4.79 Å². The summed E-state index contributed by atoms with van der Waals surface area (Å²) in [6.07, 6.45) is 0. The van der Waals surface area contributed by atoms with Gasteiger partial charge in [-0.25, -0.2) is 0 Å². The smallest absolute Gasteiger partial charge is 0.308 e. The van der Waals surface area contributed by atoms with E-state index in [2.05, 4.69) is 22.6 Å². The van der Waals surface area contributed by atoms with Crippen molar-refractivity contribution in [3.63, 3.8) is 0 Å². The fourth-order valence-corrected chi connectivity index (χ4v) is 2.33. The minimum atomic E-state index is -0.910. The van der Waals surface area contributed by atoms with E-state index in [0.29, 0.717) is 17.1 Å². The van der Waals surface area contributed by atoms with Crippen LogP contribution in [0.5, 0.6) is 0 Å². The minimum Gasteiger partial charge on any atom is -0.481 e. The monoisotopic (exact) mass is 395 g/mol. The van der Waals surface area contributed by atoms with Crippen LogP contribution in [0.25, 0.3) is 0 Å². The summed E-state index contributed by atoms with van der Waals surface area (Å²) in [6.45, 7) is 4.05. The highest BCUT2D eigenvalue weighted by molar-refractivity contribution is 14.1. The molecule has 0 radical (unpaired) electrons. The lowest BCUT2D eigenvalue weighted by atomic mass is 10.1. The van der Waals surface area contributed by atoms with Crippen molar-refractivity contribution in [1.29, 1.82) is 0 Å². The quantitative estimate of drug-likeness (QED) is 0.779. The Hall–Kier alpha value is -0.820. The zero-order valence-corrected chi connectivity index (χ0v) is 13.6. The Morgan fingerprint density at radius 2 is 2.11 bits per heavy atom. The average molecular weight is 396 g/mol. The molecule has 1 unspecified atom stereocenters. The lowest BCUT2D eigenvalue weighted by Gasteiger charge is -2.23. The van der Waals surface area contributed by atoms with Gasteiger partial charge in [-0.05, 0) is 47.7 Å². The van der Waals surface area contributed by atoms with Crippen LogP contribution in [0.2, 0.25) is 5.02 Å². The molecule has 0 heterocycles. The van der Waals surface area contributed by atoms with E-state index in [0.717, 1.165) is 3.57 Å². The fourth-order valence-electron chi connectivity index (χ4n) is 1.60. The van der Waals surface area contributed by atoms with Gasteiger partial charge in [-0.1, -0.05) is 18.5 Å². The zero-order valence-electron chi connectivity index (χ0n) is 10.7. The second-order valence-corrected chi connectivity index (χ2v) is 5.81. The Labute approximate surface area is 130 Å². The molecule has 1 aromatic carbocycles. The first kappa shape index (κ1) is 16.2. The number of carboxylic acids is 1. The number of carboxylic acid groups (broad SMARTS) is 1. The molecular weight excluding hydrogens is 381 g/mol. The molecule has 1 aromatic rings. The van der Waals surface area contributed by atoms with E-state index < -0.39 is 11.9 Å². The van der Waals surface area contributed by atoms with Gasteiger partial charge in [0.05, 0.1) is 11.5 Å². The number of nitrogens with zero attached hydrogens (tertiary/aromatic N) is 1. The summed E-state index contributed by atoms with van der Waals surface area (Å²) >= 11 is 7.96. The molecule has 4 nitrogen and oxygen atoms in total. The van der Waals surface area contributed by atoms with Crippen LogP contribution in [0.4, 0.5) is 0 Å². The van der Waals surface area contributed by atoms with Gasteiger partial charge in [-0.15, -0.1) is 0 Å². The number of carbonyl (C=O) groups is 2. The number of aliphatic carboxylic acids is 1. The highest BCUT2D eigenvalue weighted by atomic mass is 127. The lowest BCUT2D eigenvalue weighted by Crippen LogP contribution is -2.37. The van der Waals surface area contributed by atoms with Crippen LogP contribution in [0.1, 0.15) is 24.2 Å². The molecule has 1 rings (SSSR count). The fraction of sp³-hybridized carbons (Fsp3) is 0.385. The summed E-state index contributed by atoms with van der Waals surface area (Å²) in [6, 6.07) is 5.10. The third-order valence-corrected chi connectivity index (χ3v) is 3.92. The van der Waals surface area contributed by atoms with Crippen molar-refractivity contribution in [3.05, 3.63) is 32.4 Å². The molecule has 19 heavy (non-hydrogen) atoms. The van der Waals surface area contributed by atoms with Gasteiger partial charge in [0.15, 0.2) is 0 Å². The van der Waals surface area contributed by atoms with Gasteiger partial charge >= 0.3 is 5.97 Å². The summed E-state index contributed by atoms with van der Waals surface area (Å²) < 4.78 is 0.799. The molecular formula is C13H15ClINO3. The Morgan fingerprint density at radius 3 is 2.63 bits per heavy atom. The second-order valence-electron chi connectivity index (χ2n) is 4.21. The SMILES string of the molecule is CCN(CC(C)C(=O)O)C(=O)c1cc(Cl)ccc1I. The maximum absolute atomic E-state index is 12.4. The van der Waals surface area contributed by atoms with Gasteiger partial charge in [0.2, 0.25) is 0 Å². The maximum Gasteiger partial charge on any atom is 0.308 e. The molecule has 0 aliphatic rings. The summed E-state index contributed by atoms with van der Waals surface area (Å²) in [5, 5.41) is 9.41. The zero-order chi connectivity index (χ0) is 14.6. The number of amides is 1. The van der Waals surface area contributed by atoms with E-state index >= 15 is 0 Å². The first-order valence-corrected chi connectivity index (χ1v) is 7.29. The van der Waals surface area contributed by atoms with Crippen LogP contribution in [0.15, 0.2) is 18.2 Å². The first-order chi connectivity index (χ1) is 8.86. The second kappa shape index (κ2) is 7.09. The Kier molecular flexibility index (Phi) is 6.06. The highest BCUT2D eigenvalue weighted by Gasteiger charge is 2.22. The number of carbonyl (C=O) groups excluding carboxylic acids is 1. The van der Waals surface area contributed by atoms with E-state index in [1.54, 1.807) is 25.1 Å². The van der Waals surface area contributed by atoms with E-state index in [1.165, 1.54) is 4.90 Å². The van der Waals surface area contributed by atoms with Crippen LogP contribution < -0.4 is 0 Å². The molecule has 0 saturated carbocycles. The molecule has 0 aliphatic heterocycles. The summed E-state index contributed by atoms with van der Waals surface area (Å²) in [4.78, 5) is 24.8. The van der Waals surface area contributed by atoms with Crippen LogP contribution >= 0.6 is 34.2 Å². The Balaban J connectivity index is 2.95. The molecule has 6 heteroatoms. The number of rotatable bonds is 5. The first-order valence-electron chi connectivity index (χ1n) is 5.84. The number of benzene rings is 1. The maximum atomic E-state index is 12.4. The van der Waals surface area contributed by atoms with Crippen molar-refractivity contribution >= 4 is 46.1 Å². The van der Waals surface area contributed by atoms with Gasteiger partial charge in [-0.2, -0.15) is 0 Å². The van der Waals surface area contributed by atoms with Crippen LogP contribution in [-0.4, -0.2) is 35.0 Å². The summed E-state index contributed by atoms with van der Waals surface area (Å²) in [7, 11) is 0. The Bertz CT molecular complexity index is 493. The summed E-state index contributed by atoms with van der Waals surface area (Å²) in [5.74, 6) is -1.70. The number of hydrogen-bond acceptors (Lipinski definition) is 2. The molecule has 1 atom stereocenters. The van der Waals surface area contributed by atoms with Gasteiger partial charge < -0.3 is 10.0 Å². The third-order valence-electron chi connectivity index (χ3n) is 2.74. The molecule has 0 fully saturated rings. The predicted octanol–water partition coefficient (Wildman–Crippen LogP) is 3.13. The molecule has 0 spiro atoms. The normalized spacial score (nSPS) is 12.0. The van der Waals surface area contributed by atoms with Crippen molar-refractivity contribution < 1.29 is 14.7 Å². The minimum absolute atomic E-state index is 0.188. The van der Waals surface area contributed by atoms with Crippen LogP contribution in [0, 0.1) is 9.49 Å². The van der Waals surface area contributed by atoms with Crippen LogP contribution in [0.3, 0.4) is 0 Å². The molecule has 1 amide bonds. The topological polar surface area (TPSA) is 57.6 Å². The molecule has 104 valence electrons. The molecule has 0 aromatic heterocycles. The molecule has 0 bridgehead atoms. The third kappa shape index (κ3) is 4.35. The van der Waals surface area contributed by atoms with Crippen molar-refractivity contribution in [3.8, 4) is 0 Å². The number of halogens is 2. The van der Waals surface area contributed by atoms with Crippen molar-refractivity contribution in [1.82, 2.24) is 4.90 Å². The van der Waals surface area contributed by atoms with Gasteiger partial charge in [0, 0.05) is 21.7 Å². The highest BCUT2D eigenvalue weighted by Crippen LogP contribution is 2.20. The summed E-state index contributed by atoms with van der Waals surface area (Å²) in [5.41, 5.74) is 0.507. The predicted molar refractivity (Wildman–Crippen MR) is 82.5 cm³/mol. The van der Waals surface area contributed by atoms with Gasteiger partial charge in [0.25, 0.3) is 5.91 Å². The molecule has 0 saturated heterocycles. The van der Waals surface area contributed by atoms with E-state index in [4.69, 9.17) is 16.7 Å². The van der Waals surface area contributed by atoms with Crippen molar-refractivity contribution in [2.24, 2.45) is 5.92 Å².